The van der Waals surface area contributed by atoms with Gasteiger partial charge >= 0.3 is 0 Å². The number of aromatic nitrogens is 1. The molecule has 1 aliphatic rings. The molecule has 1 aliphatic carbocycles. The summed E-state index contributed by atoms with van der Waals surface area (Å²) in [6, 6.07) is 89.8. The van der Waals surface area contributed by atoms with Crippen LogP contribution in [0.5, 0.6) is 0 Å². The Labute approximate surface area is 366 Å². The molecule has 0 amide bonds. The fraction of sp³-hybridized carbons (Fsp3) is 0.0164. The average molecular weight is 801 g/mol. The summed E-state index contributed by atoms with van der Waals surface area (Å²) >= 11 is 0. The van der Waals surface area contributed by atoms with E-state index in [1.807, 2.05) is 0 Å². The van der Waals surface area contributed by atoms with E-state index in [-0.39, 0.29) is 0 Å². The molecule has 0 saturated heterocycles. The SMILES string of the molecule is c1ccc(C2(c3cccc(N(c4cccc(-n5c6ccccc6c6ccccc65)c4)c4ccc5c6ccccc6c6ccccc6c5c4)c3)c3ccccc3-c3ccccc32)cc1. The molecular weight excluding hydrogens is 761 g/mol. The standard InChI is InChI=1S/C61H40N2/c1-2-18-41(19-3-1)61(57-32-12-8-28-52(57)53-29-9-13-33-58(53)61)42-20-16-21-43(38-42)62(46-36-37-51-49-26-5-4-24-47(49)48-25-6-7-27-50(48)56(51)40-46)44-22-17-23-45(39-44)63-59-34-14-10-30-54(59)55-31-11-15-35-60(55)63/h1-40H. The van der Waals surface area contributed by atoms with Crippen LogP contribution in [0.1, 0.15) is 22.3 Å². The van der Waals surface area contributed by atoms with Gasteiger partial charge in [-0.05, 0) is 120 Å². The summed E-state index contributed by atoms with van der Waals surface area (Å²) in [5.41, 5.74) is 13.9. The topological polar surface area (TPSA) is 8.17 Å². The first-order chi connectivity index (χ1) is 31.3. The van der Waals surface area contributed by atoms with Crippen molar-refractivity contribution in [2.24, 2.45) is 0 Å². The first-order valence-electron chi connectivity index (χ1n) is 21.8. The Morgan fingerprint density at radius 2 is 0.730 bits per heavy atom. The second-order valence-corrected chi connectivity index (χ2v) is 16.8. The highest BCUT2D eigenvalue weighted by atomic mass is 15.1. The number of fused-ring (bicyclic) bond motifs is 12. The Morgan fingerprint density at radius 1 is 0.286 bits per heavy atom. The molecule has 294 valence electrons. The number of benzene rings is 11. The van der Waals surface area contributed by atoms with E-state index in [4.69, 9.17) is 0 Å². The maximum atomic E-state index is 2.47. The molecule has 0 atom stereocenters. The lowest BCUT2D eigenvalue weighted by Crippen LogP contribution is -2.28. The summed E-state index contributed by atoms with van der Waals surface area (Å²) in [5, 5.41) is 10.1. The molecule has 0 aliphatic heterocycles. The lowest BCUT2D eigenvalue weighted by atomic mass is 9.67. The van der Waals surface area contributed by atoms with Crippen LogP contribution < -0.4 is 4.90 Å². The second kappa shape index (κ2) is 13.9. The number of para-hydroxylation sites is 2. The molecule has 2 heteroatoms. The summed E-state index contributed by atoms with van der Waals surface area (Å²) in [5.74, 6) is 0. The first kappa shape index (κ1) is 35.5. The van der Waals surface area contributed by atoms with Gasteiger partial charge in [0.15, 0.2) is 0 Å². The van der Waals surface area contributed by atoms with Gasteiger partial charge in [0, 0.05) is 33.5 Å². The summed E-state index contributed by atoms with van der Waals surface area (Å²) in [7, 11) is 0. The molecule has 13 rings (SSSR count). The monoisotopic (exact) mass is 800 g/mol. The van der Waals surface area contributed by atoms with E-state index in [1.54, 1.807) is 0 Å². The number of nitrogens with zero attached hydrogens (tertiary/aromatic N) is 2. The van der Waals surface area contributed by atoms with Crippen LogP contribution in [0.3, 0.4) is 0 Å². The molecule has 0 fully saturated rings. The van der Waals surface area contributed by atoms with Crippen LogP contribution in [0, 0.1) is 0 Å². The van der Waals surface area contributed by atoms with E-state index >= 15 is 0 Å². The van der Waals surface area contributed by atoms with Crippen molar-refractivity contribution < 1.29 is 0 Å². The summed E-state index contributed by atoms with van der Waals surface area (Å²) in [6.07, 6.45) is 0. The fourth-order valence-electron chi connectivity index (χ4n) is 11.0. The van der Waals surface area contributed by atoms with Crippen molar-refractivity contribution >= 4 is 71.2 Å². The molecule has 11 aromatic carbocycles. The van der Waals surface area contributed by atoms with Crippen LogP contribution in [-0.4, -0.2) is 4.57 Å². The molecule has 0 unspecified atom stereocenters. The first-order valence-corrected chi connectivity index (χ1v) is 21.8. The predicted octanol–water partition coefficient (Wildman–Crippen LogP) is 16.1. The van der Waals surface area contributed by atoms with E-state index < -0.39 is 5.41 Å². The highest BCUT2D eigenvalue weighted by Crippen LogP contribution is 2.56. The zero-order valence-corrected chi connectivity index (χ0v) is 34.5. The number of hydrogen-bond donors (Lipinski definition) is 0. The molecule has 63 heavy (non-hydrogen) atoms. The number of rotatable bonds is 6. The van der Waals surface area contributed by atoms with Crippen molar-refractivity contribution in [3.63, 3.8) is 0 Å². The van der Waals surface area contributed by atoms with Gasteiger partial charge < -0.3 is 9.47 Å². The predicted molar refractivity (Wildman–Crippen MR) is 265 cm³/mol. The summed E-state index contributed by atoms with van der Waals surface area (Å²) in [6.45, 7) is 0. The Morgan fingerprint density at radius 3 is 1.35 bits per heavy atom. The van der Waals surface area contributed by atoms with Crippen LogP contribution in [0.2, 0.25) is 0 Å². The van der Waals surface area contributed by atoms with E-state index in [0.29, 0.717) is 0 Å². The summed E-state index contributed by atoms with van der Waals surface area (Å²) in [4.78, 5) is 2.47. The molecular formula is C61H40N2. The van der Waals surface area contributed by atoms with Crippen LogP contribution in [0.15, 0.2) is 243 Å². The van der Waals surface area contributed by atoms with Gasteiger partial charge in [0.25, 0.3) is 0 Å². The normalized spacial score (nSPS) is 12.9. The van der Waals surface area contributed by atoms with Gasteiger partial charge in [-0.25, -0.2) is 0 Å². The van der Waals surface area contributed by atoms with Crippen LogP contribution >= 0.6 is 0 Å². The molecule has 0 radical (unpaired) electrons. The molecule has 0 saturated carbocycles. The maximum absolute atomic E-state index is 2.47. The highest BCUT2D eigenvalue weighted by molar-refractivity contribution is 6.25. The Kier molecular flexibility index (Phi) is 7.85. The van der Waals surface area contributed by atoms with Crippen LogP contribution in [-0.2, 0) is 5.41 Å². The molecule has 0 spiro atoms. The smallest absolute Gasteiger partial charge is 0.0714 e. The van der Waals surface area contributed by atoms with E-state index in [2.05, 4.69) is 252 Å². The third kappa shape index (κ3) is 5.19. The zero-order chi connectivity index (χ0) is 41.5. The van der Waals surface area contributed by atoms with Crippen molar-refractivity contribution in [1.82, 2.24) is 4.57 Å². The molecule has 1 aromatic heterocycles. The minimum Gasteiger partial charge on any atom is -0.310 e. The van der Waals surface area contributed by atoms with Crippen LogP contribution in [0.25, 0.3) is 70.9 Å². The minimum atomic E-state index is -0.528. The van der Waals surface area contributed by atoms with Crippen molar-refractivity contribution in [2.75, 3.05) is 4.90 Å². The second-order valence-electron chi connectivity index (χ2n) is 16.8. The Balaban J connectivity index is 1.09. The van der Waals surface area contributed by atoms with E-state index in [0.717, 1.165) is 22.7 Å². The maximum Gasteiger partial charge on any atom is 0.0714 e. The quantitative estimate of drug-likeness (QED) is 0.152. The van der Waals surface area contributed by atoms with Gasteiger partial charge in [-0.15, -0.1) is 0 Å². The third-order valence-corrected chi connectivity index (χ3v) is 13.6. The van der Waals surface area contributed by atoms with E-state index in [9.17, 15) is 0 Å². The zero-order valence-electron chi connectivity index (χ0n) is 34.5. The molecule has 0 N–H and O–H groups in total. The van der Waals surface area contributed by atoms with E-state index in [1.165, 1.54) is 87.5 Å². The minimum absolute atomic E-state index is 0.528. The third-order valence-electron chi connectivity index (χ3n) is 13.6. The number of anilines is 3. The highest BCUT2D eigenvalue weighted by Gasteiger charge is 2.46. The molecule has 2 nitrogen and oxygen atoms in total. The lowest BCUT2D eigenvalue weighted by Gasteiger charge is -2.35. The summed E-state index contributed by atoms with van der Waals surface area (Å²) < 4.78 is 2.42. The molecule has 12 aromatic rings. The van der Waals surface area contributed by atoms with Crippen molar-refractivity contribution in [1.29, 1.82) is 0 Å². The fourth-order valence-corrected chi connectivity index (χ4v) is 11.0. The van der Waals surface area contributed by atoms with Crippen molar-refractivity contribution in [3.8, 4) is 16.8 Å². The van der Waals surface area contributed by atoms with Gasteiger partial charge in [0.05, 0.1) is 16.4 Å². The number of hydrogen-bond acceptors (Lipinski definition) is 1. The van der Waals surface area contributed by atoms with Crippen molar-refractivity contribution in [2.45, 2.75) is 5.41 Å². The Bertz CT molecular complexity index is 3630. The molecule has 1 heterocycles. The van der Waals surface area contributed by atoms with Crippen molar-refractivity contribution in [3.05, 3.63) is 265 Å². The molecule has 0 bridgehead atoms. The average Bonchev–Trinajstić information content (AvgIpc) is 3.86. The van der Waals surface area contributed by atoms with Gasteiger partial charge in [-0.2, -0.15) is 0 Å². The van der Waals surface area contributed by atoms with Gasteiger partial charge in [-0.1, -0.05) is 188 Å². The van der Waals surface area contributed by atoms with Gasteiger partial charge in [0.1, 0.15) is 0 Å². The lowest BCUT2D eigenvalue weighted by molar-refractivity contribution is 0.768. The van der Waals surface area contributed by atoms with Gasteiger partial charge in [-0.3, -0.25) is 0 Å². The Hall–Kier alpha value is -8.20. The van der Waals surface area contributed by atoms with Gasteiger partial charge in [0.2, 0.25) is 0 Å². The largest absolute Gasteiger partial charge is 0.310 e. The van der Waals surface area contributed by atoms with Crippen LogP contribution in [0.4, 0.5) is 17.1 Å².